The van der Waals surface area contributed by atoms with Crippen LogP contribution in [-0.4, -0.2) is 37.4 Å². The minimum absolute atomic E-state index is 0. The van der Waals surface area contributed by atoms with E-state index in [1.165, 1.54) is 12.1 Å². The summed E-state index contributed by atoms with van der Waals surface area (Å²) in [4.78, 5) is 2.36. The van der Waals surface area contributed by atoms with Gasteiger partial charge in [0.15, 0.2) is 0 Å². The van der Waals surface area contributed by atoms with Gasteiger partial charge in [-0.1, -0.05) is 36.2 Å². The molecule has 0 spiro atoms. The van der Waals surface area contributed by atoms with Gasteiger partial charge >= 0.3 is 6.36 Å². The highest BCUT2D eigenvalue weighted by molar-refractivity contribution is 9.10. The Hall–Kier alpha value is -0.500. The fourth-order valence-corrected chi connectivity index (χ4v) is 3.91. The van der Waals surface area contributed by atoms with E-state index < -0.39 is 6.36 Å². The molecule has 0 bridgehead atoms. The Balaban J connectivity index is 0.00000312. The highest BCUT2D eigenvalue weighted by Crippen LogP contribution is 2.36. The van der Waals surface area contributed by atoms with Crippen molar-refractivity contribution in [2.75, 3.05) is 26.2 Å². The second-order valence-corrected chi connectivity index (χ2v) is 7.18. The Morgan fingerprint density at radius 1 is 1.24 bits per heavy atom. The molecule has 0 amide bonds. The highest BCUT2D eigenvalue weighted by atomic mass is 79.9. The van der Waals surface area contributed by atoms with Crippen molar-refractivity contribution >= 4 is 28.3 Å². The topological polar surface area (TPSA) is 24.5 Å². The summed E-state index contributed by atoms with van der Waals surface area (Å²) in [5.41, 5.74) is 0.867. The van der Waals surface area contributed by atoms with Crippen molar-refractivity contribution in [1.82, 2.24) is 10.2 Å². The highest BCUT2D eigenvalue weighted by Gasteiger charge is 2.32. The summed E-state index contributed by atoms with van der Waals surface area (Å²) >= 11 is 3.32. The SMILES string of the molecule is CCCC(C)[C@@H](c1cc(Br)cc(OC(F)(F)F)c1)N1CCNCC1.Cl. The van der Waals surface area contributed by atoms with Crippen molar-refractivity contribution in [2.24, 2.45) is 5.92 Å². The molecule has 1 aliphatic rings. The third-order valence-corrected chi connectivity index (χ3v) is 4.75. The summed E-state index contributed by atoms with van der Waals surface area (Å²) in [5.74, 6) is 0.178. The van der Waals surface area contributed by atoms with E-state index in [9.17, 15) is 13.2 Å². The molecule has 0 radical (unpaired) electrons. The summed E-state index contributed by atoms with van der Waals surface area (Å²) in [7, 11) is 0. The smallest absolute Gasteiger partial charge is 0.406 e. The van der Waals surface area contributed by atoms with E-state index in [1.807, 2.05) is 6.07 Å². The molecule has 1 saturated heterocycles. The van der Waals surface area contributed by atoms with Gasteiger partial charge in [0.05, 0.1) is 0 Å². The largest absolute Gasteiger partial charge is 0.573 e. The normalized spacial score (nSPS) is 18.3. The lowest BCUT2D eigenvalue weighted by Crippen LogP contribution is -2.46. The number of hydrogen-bond acceptors (Lipinski definition) is 3. The van der Waals surface area contributed by atoms with Crippen LogP contribution in [0.4, 0.5) is 13.2 Å². The predicted molar refractivity (Wildman–Crippen MR) is 99.3 cm³/mol. The Morgan fingerprint density at radius 2 is 1.88 bits per heavy atom. The average Bonchev–Trinajstić information content (AvgIpc) is 2.46. The minimum atomic E-state index is -4.68. The van der Waals surface area contributed by atoms with E-state index in [0.717, 1.165) is 44.6 Å². The Bertz CT molecular complexity index is 539. The molecule has 1 unspecified atom stereocenters. The van der Waals surface area contributed by atoms with Crippen LogP contribution in [0.2, 0.25) is 0 Å². The minimum Gasteiger partial charge on any atom is -0.406 e. The fraction of sp³-hybridized carbons (Fsp3) is 0.647. The fourth-order valence-electron chi connectivity index (χ4n) is 3.42. The predicted octanol–water partition coefficient (Wildman–Crippen LogP) is 5.15. The molecule has 0 aromatic heterocycles. The van der Waals surface area contributed by atoms with Crippen LogP contribution in [-0.2, 0) is 0 Å². The Morgan fingerprint density at radius 3 is 2.44 bits per heavy atom. The van der Waals surface area contributed by atoms with Gasteiger partial charge in [0.1, 0.15) is 5.75 Å². The zero-order valence-corrected chi connectivity index (χ0v) is 16.8. The second kappa shape index (κ2) is 10.00. The number of rotatable bonds is 6. The monoisotopic (exact) mass is 444 g/mol. The van der Waals surface area contributed by atoms with Gasteiger partial charge in [-0.3, -0.25) is 4.90 Å². The van der Waals surface area contributed by atoms with Crippen LogP contribution >= 0.6 is 28.3 Å². The molecule has 0 aliphatic carbocycles. The number of benzene rings is 1. The van der Waals surface area contributed by atoms with E-state index in [-0.39, 0.29) is 24.2 Å². The molecule has 1 N–H and O–H groups in total. The molecule has 1 fully saturated rings. The van der Waals surface area contributed by atoms with Gasteiger partial charge < -0.3 is 10.1 Å². The van der Waals surface area contributed by atoms with E-state index >= 15 is 0 Å². The number of hydrogen-bond donors (Lipinski definition) is 1. The molecule has 1 aliphatic heterocycles. The number of alkyl halides is 3. The van der Waals surface area contributed by atoms with Crippen LogP contribution in [0.15, 0.2) is 22.7 Å². The molecule has 3 nitrogen and oxygen atoms in total. The maximum atomic E-state index is 12.6. The van der Waals surface area contributed by atoms with Gasteiger partial charge in [0.25, 0.3) is 0 Å². The maximum absolute atomic E-state index is 12.6. The molecule has 2 atom stereocenters. The third kappa shape index (κ3) is 6.96. The lowest BCUT2D eigenvalue weighted by atomic mass is 9.89. The van der Waals surface area contributed by atoms with Crippen molar-refractivity contribution < 1.29 is 17.9 Å². The molecule has 1 heterocycles. The molecular formula is C17H25BrClF3N2O. The van der Waals surface area contributed by atoms with Gasteiger partial charge in [-0.2, -0.15) is 0 Å². The number of halogens is 5. The summed E-state index contributed by atoms with van der Waals surface area (Å²) < 4.78 is 42.5. The molecule has 8 heteroatoms. The van der Waals surface area contributed by atoms with Crippen molar-refractivity contribution in [1.29, 1.82) is 0 Å². The molecule has 0 saturated carbocycles. The van der Waals surface area contributed by atoms with E-state index in [0.29, 0.717) is 10.4 Å². The van der Waals surface area contributed by atoms with Crippen LogP contribution in [0, 0.1) is 5.92 Å². The van der Waals surface area contributed by atoms with Crippen molar-refractivity contribution in [3.8, 4) is 5.75 Å². The quantitative estimate of drug-likeness (QED) is 0.655. The van der Waals surface area contributed by atoms with Crippen molar-refractivity contribution in [3.63, 3.8) is 0 Å². The summed E-state index contributed by atoms with van der Waals surface area (Å²) in [6.07, 6.45) is -2.61. The van der Waals surface area contributed by atoms with Crippen LogP contribution in [0.25, 0.3) is 0 Å². The summed E-state index contributed by atoms with van der Waals surface area (Å²) in [6, 6.07) is 4.87. The average molecular weight is 446 g/mol. The lowest BCUT2D eigenvalue weighted by molar-refractivity contribution is -0.274. The molecule has 1 aromatic rings. The molecule has 144 valence electrons. The van der Waals surface area contributed by atoms with Crippen LogP contribution in [0.1, 0.15) is 38.3 Å². The zero-order valence-electron chi connectivity index (χ0n) is 14.4. The maximum Gasteiger partial charge on any atom is 0.573 e. The van der Waals surface area contributed by atoms with E-state index in [4.69, 9.17) is 0 Å². The molecule has 1 aromatic carbocycles. The second-order valence-electron chi connectivity index (χ2n) is 6.26. The third-order valence-electron chi connectivity index (χ3n) is 4.30. The summed E-state index contributed by atoms with van der Waals surface area (Å²) in [6.45, 7) is 7.87. The standard InChI is InChI=1S/C17H24BrF3N2O.ClH/c1-3-4-12(2)16(23-7-5-22-6-8-23)13-9-14(18)11-15(10-13)24-17(19,20)21;/h9-12,16,22H,3-8H2,1-2H3;1H/t12?,16-;/m0./s1. The first kappa shape index (κ1) is 22.5. The first-order chi connectivity index (χ1) is 11.3. The Labute approximate surface area is 161 Å². The van der Waals surface area contributed by atoms with Crippen LogP contribution < -0.4 is 10.1 Å². The van der Waals surface area contributed by atoms with Crippen LogP contribution in [0.5, 0.6) is 5.75 Å². The van der Waals surface area contributed by atoms with E-state index in [1.54, 1.807) is 0 Å². The first-order valence-corrected chi connectivity index (χ1v) is 9.10. The van der Waals surface area contributed by atoms with Crippen molar-refractivity contribution in [3.05, 3.63) is 28.2 Å². The Kier molecular flexibility index (Phi) is 9.01. The number of nitrogens with one attached hydrogen (secondary N) is 1. The van der Waals surface area contributed by atoms with Gasteiger partial charge in [-0.15, -0.1) is 25.6 Å². The van der Waals surface area contributed by atoms with Crippen LogP contribution in [0.3, 0.4) is 0 Å². The molecular weight excluding hydrogens is 421 g/mol. The van der Waals surface area contributed by atoms with Gasteiger partial charge in [0, 0.05) is 36.7 Å². The van der Waals surface area contributed by atoms with Gasteiger partial charge in [-0.25, -0.2) is 0 Å². The number of ether oxygens (including phenoxy) is 1. The first-order valence-electron chi connectivity index (χ1n) is 8.31. The number of nitrogens with zero attached hydrogens (tertiary/aromatic N) is 1. The lowest BCUT2D eigenvalue weighted by Gasteiger charge is -2.39. The molecule has 2 rings (SSSR count). The van der Waals surface area contributed by atoms with Gasteiger partial charge in [-0.05, 0) is 36.1 Å². The number of piperazine rings is 1. The zero-order chi connectivity index (χ0) is 17.7. The summed E-state index contributed by atoms with van der Waals surface area (Å²) in [5, 5.41) is 3.32. The van der Waals surface area contributed by atoms with E-state index in [2.05, 4.69) is 44.7 Å². The van der Waals surface area contributed by atoms with Crippen molar-refractivity contribution in [2.45, 2.75) is 39.1 Å². The van der Waals surface area contributed by atoms with Gasteiger partial charge in [0.2, 0.25) is 0 Å². The molecule has 25 heavy (non-hydrogen) atoms.